The first-order chi connectivity index (χ1) is 16.2. The third-order valence-corrected chi connectivity index (χ3v) is 5.86. The molecule has 1 aliphatic heterocycles. The number of benzene rings is 2. The zero-order valence-electron chi connectivity index (χ0n) is 18.7. The van der Waals surface area contributed by atoms with Crippen molar-refractivity contribution in [2.75, 3.05) is 24.3 Å². The summed E-state index contributed by atoms with van der Waals surface area (Å²) >= 11 is 0. The van der Waals surface area contributed by atoms with E-state index in [1.165, 1.54) is 12.7 Å². The lowest BCUT2D eigenvalue weighted by Crippen LogP contribution is -2.21. The average molecular weight is 443 g/mol. The number of amides is 1. The molecule has 4 aromatic rings. The molecule has 0 saturated carbocycles. The van der Waals surface area contributed by atoms with Crippen LogP contribution in [0.25, 0.3) is 16.9 Å². The standard InChI is InChI=1S/C25H26N6O2/c1-16-14-20-18(24(32)30-33-2)10-6-12-21(20)31(16)25-28-22-19(11-7-13-26-22)23(29-25)27-15-17-8-4-3-5-9-17/h3-6,8-10,12,14H,7,11,13,15H2,1-2H3,(H,30,32)(H2,26,27,28,29). The predicted molar refractivity (Wildman–Crippen MR) is 129 cm³/mol. The summed E-state index contributed by atoms with van der Waals surface area (Å²) in [7, 11) is 1.42. The summed E-state index contributed by atoms with van der Waals surface area (Å²) in [5.41, 5.74) is 7.03. The third kappa shape index (κ3) is 4.01. The Balaban J connectivity index is 1.60. The molecule has 8 nitrogen and oxygen atoms in total. The second-order valence-electron chi connectivity index (χ2n) is 8.06. The molecule has 0 radical (unpaired) electrons. The smallest absolute Gasteiger partial charge is 0.275 e. The Hall–Kier alpha value is -3.91. The van der Waals surface area contributed by atoms with Crippen LogP contribution >= 0.6 is 0 Å². The van der Waals surface area contributed by atoms with Crippen LogP contribution in [0.5, 0.6) is 0 Å². The highest BCUT2D eigenvalue weighted by Gasteiger charge is 2.21. The van der Waals surface area contributed by atoms with Crippen molar-refractivity contribution in [3.8, 4) is 5.95 Å². The fourth-order valence-corrected chi connectivity index (χ4v) is 4.33. The normalized spacial score (nSPS) is 12.8. The average Bonchev–Trinajstić information content (AvgIpc) is 3.19. The zero-order valence-corrected chi connectivity index (χ0v) is 18.7. The van der Waals surface area contributed by atoms with Gasteiger partial charge in [0.2, 0.25) is 5.95 Å². The van der Waals surface area contributed by atoms with Gasteiger partial charge in [0, 0.05) is 29.7 Å². The van der Waals surface area contributed by atoms with E-state index in [1.54, 1.807) is 6.07 Å². The van der Waals surface area contributed by atoms with Crippen LogP contribution < -0.4 is 16.1 Å². The van der Waals surface area contributed by atoms with Gasteiger partial charge in [-0.15, -0.1) is 0 Å². The van der Waals surface area contributed by atoms with Gasteiger partial charge in [-0.1, -0.05) is 36.4 Å². The molecule has 168 valence electrons. The Morgan fingerprint density at radius 1 is 1.15 bits per heavy atom. The first kappa shape index (κ1) is 21.0. The molecule has 0 saturated heterocycles. The second kappa shape index (κ2) is 8.91. The number of nitrogens with zero attached hydrogens (tertiary/aromatic N) is 3. The molecule has 8 heteroatoms. The van der Waals surface area contributed by atoms with E-state index in [1.807, 2.05) is 47.9 Å². The molecule has 0 bridgehead atoms. The Morgan fingerprint density at radius 2 is 2.00 bits per heavy atom. The number of aromatic nitrogens is 3. The molecular formula is C25H26N6O2. The number of nitrogens with one attached hydrogen (secondary N) is 3. The molecule has 2 aromatic heterocycles. The lowest BCUT2D eigenvalue weighted by Gasteiger charge is -2.22. The minimum absolute atomic E-state index is 0.293. The molecule has 1 aliphatic rings. The fourth-order valence-electron chi connectivity index (χ4n) is 4.33. The van der Waals surface area contributed by atoms with E-state index < -0.39 is 0 Å². The van der Waals surface area contributed by atoms with E-state index in [9.17, 15) is 4.79 Å². The van der Waals surface area contributed by atoms with Crippen molar-refractivity contribution in [2.24, 2.45) is 0 Å². The molecule has 3 N–H and O–H groups in total. The highest BCUT2D eigenvalue weighted by molar-refractivity contribution is 6.06. The molecule has 3 heterocycles. The van der Waals surface area contributed by atoms with Crippen molar-refractivity contribution in [2.45, 2.75) is 26.3 Å². The highest BCUT2D eigenvalue weighted by atomic mass is 16.6. The monoisotopic (exact) mass is 442 g/mol. The SMILES string of the molecule is CONC(=O)c1cccc2c1cc(C)n2-c1nc2c(c(NCc3ccccc3)n1)CCCN2. The summed E-state index contributed by atoms with van der Waals surface area (Å²) in [4.78, 5) is 27.1. The largest absolute Gasteiger partial charge is 0.370 e. The fraction of sp³-hybridized carbons (Fsp3) is 0.240. The minimum Gasteiger partial charge on any atom is -0.370 e. The van der Waals surface area contributed by atoms with Crippen molar-refractivity contribution in [1.82, 2.24) is 20.0 Å². The van der Waals surface area contributed by atoms with Crippen LogP contribution in [0.3, 0.4) is 0 Å². The summed E-state index contributed by atoms with van der Waals surface area (Å²) in [5, 5.41) is 7.77. The van der Waals surface area contributed by atoms with Crippen molar-refractivity contribution in [3.05, 3.63) is 77.0 Å². The Kier molecular flexibility index (Phi) is 5.66. The van der Waals surface area contributed by atoms with Crippen molar-refractivity contribution in [3.63, 3.8) is 0 Å². The first-order valence-corrected chi connectivity index (χ1v) is 11.0. The molecule has 0 aliphatic carbocycles. The molecule has 1 amide bonds. The van der Waals surface area contributed by atoms with Gasteiger partial charge in [0.25, 0.3) is 5.91 Å². The van der Waals surface area contributed by atoms with Crippen LogP contribution in [0.4, 0.5) is 11.6 Å². The lowest BCUT2D eigenvalue weighted by molar-refractivity contribution is 0.0539. The Morgan fingerprint density at radius 3 is 2.82 bits per heavy atom. The summed E-state index contributed by atoms with van der Waals surface area (Å²) < 4.78 is 1.99. The van der Waals surface area contributed by atoms with Crippen LogP contribution in [-0.4, -0.2) is 34.1 Å². The van der Waals surface area contributed by atoms with Gasteiger partial charge in [0.1, 0.15) is 11.6 Å². The van der Waals surface area contributed by atoms with Crippen LogP contribution in [0.15, 0.2) is 54.6 Å². The van der Waals surface area contributed by atoms with Crippen LogP contribution in [0.2, 0.25) is 0 Å². The van der Waals surface area contributed by atoms with Crippen molar-refractivity contribution < 1.29 is 9.63 Å². The molecule has 5 rings (SSSR count). The van der Waals surface area contributed by atoms with E-state index >= 15 is 0 Å². The number of fused-ring (bicyclic) bond motifs is 2. The molecular weight excluding hydrogens is 416 g/mol. The van der Waals surface area contributed by atoms with E-state index in [2.05, 4.69) is 28.2 Å². The number of aryl methyl sites for hydroxylation is 1. The Labute approximate surface area is 192 Å². The second-order valence-corrected chi connectivity index (χ2v) is 8.06. The summed E-state index contributed by atoms with van der Waals surface area (Å²) in [5.74, 6) is 1.96. The van der Waals surface area contributed by atoms with Gasteiger partial charge in [-0.25, -0.2) is 5.48 Å². The number of carbonyl (C=O) groups is 1. The minimum atomic E-state index is -0.293. The zero-order chi connectivity index (χ0) is 22.8. The van der Waals surface area contributed by atoms with E-state index in [-0.39, 0.29) is 5.91 Å². The lowest BCUT2D eigenvalue weighted by atomic mass is 10.1. The number of hydrogen-bond acceptors (Lipinski definition) is 6. The molecule has 2 aromatic carbocycles. The maximum atomic E-state index is 12.5. The maximum Gasteiger partial charge on any atom is 0.275 e. The number of hydroxylamine groups is 1. The van der Waals surface area contributed by atoms with Crippen molar-refractivity contribution >= 4 is 28.4 Å². The van der Waals surface area contributed by atoms with Gasteiger partial charge in [-0.05, 0) is 43.5 Å². The van der Waals surface area contributed by atoms with Gasteiger partial charge >= 0.3 is 0 Å². The van der Waals surface area contributed by atoms with Gasteiger partial charge in [-0.3, -0.25) is 14.2 Å². The van der Waals surface area contributed by atoms with Gasteiger partial charge < -0.3 is 10.6 Å². The predicted octanol–water partition coefficient (Wildman–Crippen LogP) is 3.99. The molecule has 0 unspecified atom stereocenters. The number of carbonyl (C=O) groups excluding carboxylic acids is 1. The molecule has 33 heavy (non-hydrogen) atoms. The third-order valence-electron chi connectivity index (χ3n) is 5.86. The molecule has 0 spiro atoms. The van der Waals surface area contributed by atoms with Crippen LogP contribution in [0.1, 0.15) is 33.6 Å². The van der Waals surface area contributed by atoms with E-state index in [0.717, 1.165) is 53.2 Å². The summed E-state index contributed by atoms with van der Waals surface area (Å²) in [6.07, 6.45) is 1.96. The first-order valence-electron chi connectivity index (χ1n) is 11.0. The van der Waals surface area contributed by atoms with Crippen LogP contribution in [0, 0.1) is 6.92 Å². The maximum absolute atomic E-state index is 12.5. The number of rotatable bonds is 6. The highest BCUT2D eigenvalue weighted by Crippen LogP contribution is 2.31. The van der Waals surface area contributed by atoms with Crippen LogP contribution in [-0.2, 0) is 17.8 Å². The summed E-state index contributed by atoms with van der Waals surface area (Å²) in [6, 6.07) is 17.9. The van der Waals surface area contributed by atoms with E-state index in [0.29, 0.717) is 18.1 Å². The Bertz CT molecular complexity index is 1320. The van der Waals surface area contributed by atoms with Gasteiger partial charge in [-0.2, -0.15) is 9.97 Å². The topological polar surface area (TPSA) is 93.1 Å². The number of anilines is 2. The van der Waals surface area contributed by atoms with E-state index in [4.69, 9.17) is 14.8 Å². The van der Waals surface area contributed by atoms with Crippen molar-refractivity contribution in [1.29, 1.82) is 0 Å². The number of hydrogen-bond donors (Lipinski definition) is 3. The van der Waals surface area contributed by atoms with Gasteiger partial charge in [0.15, 0.2) is 0 Å². The molecule has 0 atom stereocenters. The molecule has 0 fully saturated rings. The quantitative estimate of drug-likeness (QED) is 0.391. The van der Waals surface area contributed by atoms with Gasteiger partial charge in [0.05, 0.1) is 18.2 Å². The summed E-state index contributed by atoms with van der Waals surface area (Å²) in [6.45, 7) is 3.55.